The molecule has 146 valence electrons. The third-order valence-corrected chi connectivity index (χ3v) is 5.50. The predicted octanol–water partition coefficient (Wildman–Crippen LogP) is 0.668. The molecule has 0 radical (unpaired) electrons. The standard InChI is InChI=1S/C18H40N2O4/c1-11(15(5)21)19(12(2)16(6)22)9-10-20(13(3)17(7)23)14(4)18(8)24/h11-18,21-24H,9-10H2,1-8H3. The van der Waals surface area contributed by atoms with Crippen molar-refractivity contribution in [3.05, 3.63) is 0 Å². The highest BCUT2D eigenvalue weighted by atomic mass is 16.3. The Labute approximate surface area is 148 Å². The molecule has 0 aliphatic rings. The Morgan fingerprint density at radius 3 is 0.750 bits per heavy atom. The van der Waals surface area contributed by atoms with Crippen LogP contribution >= 0.6 is 0 Å². The fraction of sp³-hybridized carbons (Fsp3) is 1.00. The van der Waals surface area contributed by atoms with Crippen molar-refractivity contribution in [3.63, 3.8) is 0 Å². The maximum atomic E-state index is 9.97. The highest BCUT2D eigenvalue weighted by Crippen LogP contribution is 2.16. The lowest BCUT2D eigenvalue weighted by Crippen LogP contribution is -2.56. The highest BCUT2D eigenvalue weighted by Gasteiger charge is 2.30. The third kappa shape index (κ3) is 6.94. The van der Waals surface area contributed by atoms with E-state index in [9.17, 15) is 20.4 Å². The number of hydrogen-bond acceptors (Lipinski definition) is 6. The summed E-state index contributed by atoms with van der Waals surface area (Å²) in [6, 6.07) is -0.388. The Hall–Kier alpha value is -0.240. The van der Waals surface area contributed by atoms with Gasteiger partial charge in [-0.15, -0.1) is 0 Å². The maximum absolute atomic E-state index is 9.97. The Kier molecular flexibility index (Phi) is 10.6. The van der Waals surface area contributed by atoms with Crippen LogP contribution in [-0.4, -0.2) is 91.9 Å². The molecule has 0 aliphatic carbocycles. The lowest BCUT2D eigenvalue weighted by atomic mass is 10.0. The average Bonchev–Trinajstić information content (AvgIpc) is 2.48. The zero-order valence-electron chi connectivity index (χ0n) is 16.7. The normalized spacial score (nSPS) is 22.8. The molecule has 0 aromatic rings. The molecule has 0 aromatic heterocycles. The molecule has 0 heterocycles. The van der Waals surface area contributed by atoms with E-state index in [1.165, 1.54) is 0 Å². The van der Waals surface area contributed by atoms with Crippen LogP contribution in [0.25, 0.3) is 0 Å². The molecule has 8 atom stereocenters. The third-order valence-electron chi connectivity index (χ3n) is 5.50. The van der Waals surface area contributed by atoms with Gasteiger partial charge in [0.1, 0.15) is 0 Å². The molecule has 0 bridgehead atoms. The van der Waals surface area contributed by atoms with E-state index in [-0.39, 0.29) is 24.2 Å². The summed E-state index contributed by atoms with van der Waals surface area (Å²) in [4.78, 5) is 4.18. The first-order chi connectivity index (χ1) is 10.9. The smallest absolute Gasteiger partial charge is 0.0664 e. The van der Waals surface area contributed by atoms with Gasteiger partial charge in [0.15, 0.2) is 0 Å². The number of aliphatic hydroxyl groups is 4. The average molecular weight is 349 g/mol. The molecule has 6 heteroatoms. The van der Waals surface area contributed by atoms with E-state index in [1.807, 2.05) is 27.7 Å². The highest BCUT2D eigenvalue weighted by molar-refractivity contribution is 4.85. The van der Waals surface area contributed by atoms with Gasteiger partial charge in [-0.2, -0.15) is 0 Å². The van der Waals surface area contributed by atoms with Crippen LogP contribution in [0.2, 0.25) is 0 Å². The molecule has 0 aromatic carbocycles. The molecule has 0 fully saturated rings. The van der Waals surface area contributed by atoms with Gasteiger partial charge in [-0.25, -0.2) is 0 Å². The second-order valence-electron chi connectivity index (χ2n) is 7.40. The summed E-state index contributed by atoms with van der Waals surface area (Å²) in [5, 5.41) is 39.9. The number of hydrogen-bond donors (Lipinski definition) is 4. The van der Waals surface area contributed by atoms with E-state index in [0.717, 1.165) is 0 Å². The van der Waals surface area contributed by atoms with E-state index in [2.05, 4.69) is 9.80 Å². The van der Waals surface area contributed by atoms with Gasteiger partial charge in [-0.05, 0) is 55.4 Å². The summed E-state index contributed by atoms with van der Waals surface area (Å²) in [6.07, 6.45) is -2.04. The van der Waals surface area contributed by atoms with Gasteiger partial charge in [0.05, 0.1) is 24.4 Å². The molecule has 0 saturated carbocycles. The van der Waals surface area contributed by atoms with Crippen LogP contribution in [-0.2, 0) is 0 Å². The first-order valence-electron chi connectivity index (χ1n) is 9.15. The fourth-order valence-corrected chi connectivity index (χ4v) is 2.90. The van der Waals surface area contributed by atoms with Crippen molar-refractivity contribution in [2.75, 3.05) is 13.1 Å². The van der Waals surface area contributed by atoms with Crippen molar-refractivity contribution >= 4 is 0 Å². The molecule has 0 spiro atoms. The minimum absolute atomic E-state index is 0.0971. The Balaban J connectivity index is 5.22. The van der Waals surface area contributed by atoms with Crippen LogP contribution in [0.4, 0.5) is 0 Å². The number of rotatable bonds is 11. The molecule has 0 saturated heterocycles. The van der Waals surface area contributed by atoms with Crippen molar-refractivity contribution in [2.24, 2.45) is 0 Å². The second-order valence-corrected chi connectivity index (χ2v) is 7.40. The van der Waals surface area contributed by atoms with E-state index < -0.39 is 24.4 Å². The van der Waals surface area contributed by atoms with Gasteiger partial charge in [0, 0.05) is 37.3 Å². The molecule has 0 aliphatic heterocycles. The quantitative estimate of drug-likeness (QED) is 0.439. The summed E-state index contributed by atoms with van der Waals surface area (Å²) in [7, 11) is 0. The van der Waals surface area contributed by atoms with Gasteiger partial charge in [-0.3, -0.25) is 9.80 Å². The first kappa shape index (κ1) is 23.8. The summed E-state index contributed by atoms with van der Waals surface area (Å²) < 4.78 is 0. The molecular weight excluding hydrogens is 308 g/mol. The zero-order chi connectivity index (χ0) is 19.2. The largest absolute Gasteiger partial charge is 0.392 e. The van der Waals surface area contributed by atoms with Crippen molar-refractivity contribution in [1.29, 1.82) is 0 Å². The minimum Gasteiger partial charge on any atom is -0.392 e. The Morgan fingerprint density at radius 1 is 0.458 bits per heavy atom. The van der Waals surface area contributed by atoms with Gasteiger partial charge >= 0.3 is 0 Å². The summed E-state index contributed by atoms with van der Waals surface area (Å²) in [6.45, 7) is 16.1. The van der Waals surface area contributed by atoms with E-state index in [4.69, 9.17) is 0 Å². The monoisotopic (exact) mass is 348 g/mol. The van der Waals surface area contributed by atoms with Gasteiger partial charge < -0.3 is 20.4 Å². The summed E-state index contributed by atoms with van der Waals surface area (Å²) in [5.74, 6) is 0. The van der Waals surface area contributed by atoms with Crippen molar-refractivity contribution in [1.82, 2.24) is 9.80 Å². The lowest BCUT2D eigenvalue weighted by Gasteiger charge is -2.42. The Bertz CT molecular complexity index is 277. The maximum Gasteiger partial charge on any atom is 0.0664 e. The molecule has 8 unspecified atom stereocenters. The molecule has 4 N–H and O–H groups in total. The number of aliphatic hydroxyl groups excluding tert-OH is 4. The fourth-order valence-electron chi connectivity index (χ4n) is 2.90. The van der Waals surface area contributed by atoms with Crippen LogP contribution in [0.3, 0.4) is 0 Å². The second kappa shape index (κ2) is 10.7. The predicted molar refractivity (Wildman–Crippen MR) is 98.0 cm³/mol. The number of nitrogens with zero attached hydrogens (tertiary/aromatic N) is 2. The molecule has 0 rings (SSSR count). The summed E-state index contributed by atoms with van der Waals surface area (Å²) >= 11 is 0. The van der Waals surface area contributed by atoms with Crippen molar-refractivity contribution in [3.8, 4) is 0 Å². The first-order valence-corrected chi connectivity index (χ1v) is 9.15. The van der Waals surface area contributed by atoms with Crippen LogP contribution in [0.1, 0.15) is 55.4 Å². The van der Waals surface area contributed by atoms with Crippen molar-refractivity contribution < 1.29 is 20.4 Å². The van der Waals surface area contributed by atoms with Crippen LogP contribution < -0.4 is 0 Å². The van der Waals surface area contributed by atoms with Gasteiger partial charge in [0.2, 0.25) is 0 Å². The molecule has 24 heavy (non-hydrogen) atoms. The van der Waals surface area contributed by atoms with Crippen molar-refractivity contribution in [2.45, 2.75) is 104 Å². The molecular formula is C18H40N2O4. The van der Waals surface area contributed by atoms with E-state index >= 15 is 0 Å². The van der Waals surface area contributed by atoms with Gasteiger partial charge in [0.25, 0.3) is 0 Å². The molecule has 0 amide bonds. The van der Waals surface area contributed by atoms with E-state index in [1.54, 1.807) is 27.7 Å². The Morgan fingerprint density at radius 2 is 0.625 bits per heavy atom. The SMILES string of the molecule is CC(O)C(C)N(CCN(C(C)C(C)O)C(C)C(C)O)C(C)C(C)O. The summed E-state index contributed by atoms with van der Waals surface area (Å²) in [5.41, 5.74) is 0. The molecule has 6 nitrogen and oxygen atoms in total. The van der Waals surface area contributed by atoms with Gasteiger partial charge in [-0.1, -0.05) is 0 Å². The topological polar surface area (TPSA) is 87.4 Å². The minimum atomic E-state index is -0.511. The zero-order valence-corrected chi connectivity index (χ0v) is 16.7. The van der Waals surface area contributed by atoms with Crippen LogP contribution in [0, 0.1) is 0 Å². The lowest BCUT2D eigenvalue weighted by molar-refractivity contribution is -0.0288. The van der Waals surface area contributed by atoms with Crippen LogP contribution in [0.15, 0.2) is 0 Å². The van der Waals surface area contributed by atoms with Crippen LogP contribution in [0.5, 0.6) is 0 Å². The van der Waals surface area contributed by atoms with E-state index in [0.29, 0.717) is 13.1 Å².